The Morgan fingerprint density at radius 1 is 1.03 bits per heavy atom. The van der Waals surface area contributed by atoms with Crippen molar-refractivity contribution in [1.29, 1.82) is 0 Å². The number of hydrogen-bond donors (Lipinski definition) is 0. The number of rotatable bonds is 6. The molecule has 0 spiro atoms. The van der Waals surface area contributed by atoms with Gasteiger partial charge in [0, 0.05) is 18.0 Å². The molecular weight excluding hydrogens is 403 g/mol. The predicted octanol–water partition coefficient (Wildman–Crippen LogP) is 5.31. The van der Waals surface area contributed by atoms with E-state index >= 15 is 0 Å². The second kappa shape index (κ2) is 9.09. The monoisotopic (exact) mass is 422 g/mol. The summed E-state index contributed by atoms with van der Waals surface area (Å²) in [6.45, 7) is 0.646. The van der Waals surface area contributed by atoms with Gasteiger partial charge in [-0.1, -0.05) is 71.4 Å². The Labute approximate surface area is 179 Å². The van der Waals surface area contributed by atoms with Crippen LogP contribution in [0.1, 0.15) is 27.9 Å². The van der Waals surface area contributed by atoms with Crippen LogP contribution in [0.5, 0.6) is 0 Å². The first-order valence-electron chi connectivity index (χ1n) is 9.66. The zero-order chi connectivity index (χ0) is 20.9. The van der Waals surface area contributed by atoms with Gasteiger partial charge in [-0.3, -0.25) is 4.79 Å². The van der Waals surface area contributed by atoms with Crippen molar-refractivity contribution in [3.05, 3.63) is 106 Å². The molecule has 3 aromatic carbocycles. The van der Waals surface area contributed by atoms with Crippen LogP contribution in [-0.2, 0) is 11.4 Å². The van der Waals surface area contributed by atoms with E-state index < -0.39 is 5.82 Å². The lowest BCUT2D eigenvalue weighted by molar-refractivity contribution is 0.0402. The molecule has 0 fully saturated rings. The van der Waals surface area contributed by atoms with E-state index in [1.807, 2.05) is 42.5 Å². The standard InChI is InChI=1S/C24H20ClFN2O2/c25-19-12-10-18(11-13-19)23-14-20(30-27-23)16-28(15-17-6-2-1-3-7-17)24(29)21-8-4-5-9-22(21)26/h1-13,20H,14-16H2/t20-/m0/s1. The summed E-state index contributed by atoms with van der Waals surface area (Å²) >= 11 is 5.95. The lowest BCUT2D eigenvalue weighted by atomic mass is 10.0. The number of nitrogens with zero attached hydrogens (tertiary/aromatic N) is 2. The van der Waals surface area contributed by atoms with Gasteiger partial charge in [-0.15, -0.1) is 0 Å². The second-order valence-corrected chi connectivity index (χ2v) is 7.56. The van der Waals surface area contributed by atoms with Crippen molar-refractivity contribution >= 4 is 23.2 Å². The Morgan fingerprint density at radius 2 is 1.73 bits per heavy atom. The van der Waals surface area contributed by atoms with Gasteiger partial charge in [0.2, 0.25) is 0 Å². The van der Waals surface area contributed by atoms with Crippen molar-refractivity contribution in [3.63, 3.8) is 0 Å². The largest absolute Gasteiger partial charge is 0.390 e. The number of halogens is 2. The zero-order valence-corrected chi connectivity index (χ0v) is 16.9. The summed E-state index contributed by atoms with van der Waals surface area (Å²) in [4.78, 5) is 20.3. The van der Waals surface area contributed by atoms with Gasteiger partial charge in [0.15, 0.2) is 6.10 Å². The first-order chi connectivity index (χ1) is 14.6. The first-order valence-corrected chi connectivity index (χ1v) is 10.0. The molecule has 1 heterocycles. The fourth-order valence-corrected chi connectivity index (χ4v) is 3.54. The maximum Gasteiger partial charge on any atom is 0.257 e. The molecule has 1 amide bonds. The van der Waals surface area contributed by atoms with Crippen LogP contribution in [0.4, 0.5) is 4.39 Å². The molecule has 0 N–H and O–H groups in total. The highest BCUT2D eigenvalue weighted by Gasteiger charge is 2.28. The van der Waals surface area contributed by atoms with Crippen LogP contribution in [0, 0.1) is 5.82 Å². The molecule has 30 heavy (non-hydrogen) atoms. The van der Waals surface area contributed by atoms with E-state index in [-0.39, 0.29) is 17.6 Å². The van der Waals surface area contributed by atoms with Crippen molar-refractivity contribution in [2.24, 2.45) is 5.16 Å². The second-order valence-electron chi connectivity index (χ2n) is 7.13. The first kappa shape index (κ1) is 20.1. The van der Waals surface area contributed by atoms with Gasteiger partial charge in [-0.05, 0) is 35.4 Å². The maximum absolute atomic E-state index is 14.3. The molecule has 1 aliphatic heterocycles. The summed E-state index contributed by atoms with van der Waals surface area (Å²) in [5.74, 6) is -0.911. The molecule has 0 saturated carbocycles. The highest BCUT2D eigenvalue weighted by Crippen LogP contribution is 2.21. The molecule has 0 aromatic heterocycles. The summed E-state index contributed by atoms with van der Waals surface area (Å²) in [5.41, 5.74) is 2.73. The molecule has 0 bridgehead atoms. The third-order valence-electron chi connectivity index (χ3n) is 4.94. The van der Waals surface area contributed by atoms with Crippen molar-refractivity contribution in [3.8, 4) is 0 Å². The van der Waals surface area contributed by atoms with Gasteiger partial charge in [0.1, 0.15) is 5.82 Å². The van der Waals surface area contributed by atoms with E-state index in [9.17, 15) is 9.18 Å². The van der Waals surface area contributed by atoms with E-state index in [1.165, 1.54) is 12.1 Å². The maximum atomic E-state index is 14.3. The van der Waals surface area contributed by atoms with Crippen molar-refractivity contribution in [2.45, 2.75) is 19.1 Å². The number of hydrogen-bond acceptors (Lipinski definition) is 3. The Morgan fingerprint density at radius 3 is 2.47 bits per heavy atom. The molecule has 0 saturated heterocycles. The summed E-state index contributed by atoms with van der Waals surface area (Å²) in [6, 6.07) is 23.0. The number of oxime groups is 1. The highest BCUT2D eigenvalue weighted by molar-refractivity contribution is 6.30. The third kappa shape index (κ3) is 4.69. The SMILES string of the molecule is O=C(c1ccccc1F)N(Cc1ccccc1)C[C@@H]1CC(c2ccc(Cl)cc2)=NO1. The zero-order valence-electron chi connectivity index (χ0n) is 16.2. The number of carbonyl (C=O) groups is 1. The lowest BCUT2D eigenvalue weighted by Gasteiger charge is -2.25. The number of benzene rings is 3. The molecule has 4 rings (SSSR count). The Kier molecular flexibility index (Phi) is 6.10. The van der Waals surface area contributed by atoms with Crippen LogP contribution in [0.15, 0.2) is 84.0 Å². The average molecular weight is 423 g/mol. The van der Waals surface area contributed by atoms with Crippen LogP contribution in [0.3, 0.4) is 0 Å². The van der Waals surface area contributed by atoms with Crippen LogP contribution in [-0.4, -0.2) is 29.2 Å². The summed E-state index contributed by atoms with van der Waals surface area (Å²) in [7, 11) is 0. The topological polar surface area (TPSA) is 41.9 Å². The van der Waals surface area contributed by atoms with Gasteiger partial charge < -0.3 is 9.74 Å². The molecule has 1 aliphatic rings. The molecule has 3 aromatic rings. The number of carbonyl (C=O) groups excluding carboxylic acids is 1. The summed E-state index contributed by atoms with van der Waals surface area (Å²) in [5, 5.41) is 4.84. The van der Waals surface area contributed by atoms with Crippen molar-refractivity contribution in [2.75, 3.05) is 6.54 Å². The fraction of sp³-hybridized carbons (Fsp3) is 0.167. The van der Waals surface area contributed by atoms with Gasteiger partial charge in [0.25, 0.3) is 5.91 Å². The van der Waals surface area contributed by atoms with Crippen LogP contribution in [0.2, 0.25) is 5.02 Å². The average Bonchev–Trinajstić information content (AvgIpc) is 3.23. The lowest BCUT2D eigenvalue weighted by Crippen LogP contribution is -2.37. The Hall–Kier alpha value is -3.18. The molecule has 1 atom stereocenters. The highest BCUT2D eigenvalue weighted by atomic mass is 35.5. The normalized spacial score (nSPS) is 15.4. The van der Waals surface area contributed by atoms with E-state index in [0.717, 1.165) is 16.8 Å². The van der Waals surface area contributed by atoms with E-state index in [1.54, 1.807) is 29.2 Å². The van der Waals surface area contributed by atoms with E-state index in [2.05, 4.69) is 5.16 Å². The van der Waals surface area contributed by atoms with Gasteiger partial charge in [-0.2, -0.15) is 0 Å². The van der Waals surface area contributed by atoms with Crippen molar-refractivity contribution in [1.82, 2.24) is 4.90 Å². The van der Waals surface area contributed by atoms with Crippen LogP contribution >= 0.6 is 11.6 Å². The quantitative estimate of drug-likeness (QED) is 0.540. The third-order valence-corrected chi connectivity index (χ3v) is 5.19. The molecule has 4 nitrogen and oxygen atoms in total. The van der Waals surface area contributed by atoms with Gasteiger partial charge in [0.05, 0.1) is 17.8 Å². The molecule has 0 radical (unpaired) electrons. The summed E-state index contributed by atoms with van der Waals surface area (Å²) in [6.07, 6.45) is 0.243. The minimum Gasteiger partial charge on any atom is -0.390 e. The van der Waals surface area contributed by atoms with Crippen LogP contribution < -0.4 is 0 Å². The smallest absolute Gasteiger partial charge is 0.257 e. The molecule has 6 heteroatoms. The summed E-state index contributed by atoms with van der Waals surface area (Å²) < 4.78 is 14.3. The fourth-order valence-electron chi connectivity index (χ4n) is 3.41. The Bertz CT molecular complexity index is 1050. The van der Waals surface area contributed by atoms with Crippen molar-refractivity contribution < 1.29 is 14.0 Å². The molecular formula is C24H20ClFN2O2. The van der Waals surface area contributed by atoms with Crippen LogP contribution in [0.25, 0.3) is 0 Å². The number of amides is 1. The van der Waals surface area contributed by atoms with E-state index in [4.69, 9.17) is 16.4 Å². The molecule has 0 aliphatic carbocycles. The molecule has 152 valence electrons. The van der Waals surface area contributed by atoms with E-state index in [0.29, 0.717) is 24.5 Å². The molecule has 0 unspecified atom stereocenters. The predicted molar refractivity (Wildman–Crippen MR) is 115 cm³/mol. The minimum absolute atomic E-state index is 0.0465. The van der Waals surface area contributed by atoms with Gasteiger partial charge >= 0.3 is 0 Å². The minimum atomic E-state index is -0.536. The Balaban J connectivity index is 1.51. The van der Waals surface area contributed by atoms with Gasteiger partial charge in [-0.25, -0.2) is 4.39 Å².